The molecular weight excluding hydrogens is 150 g/mol. The molecule has 0 bridgehead atoms. The Kier molecular flexibility index (Phi) is 11.1. The second-order valence-electron chi connectivity index (χ2n) is 2.08. The minimum atomic E-state index is 0. The van der Waals surface area contributed by atoms with Gasteiger partial charge in [0.15, 0.2) is 0 Å². The molecule has 0 aromatic heterocycles. The highest BCUT2D eigenvalue weighted by Gasteiger charge is 1.94. The number of hydrogen-bond acceptors (Lipinski definition) is 1. The summed E-state index contributed by atoms with van der Waals surface area (Å²) in [6.45, 7) is 13.7. The van der Waals surface area contributed by atoms with Gasteiger partial charge < -0.3 is 0 Å². The fourth-order valence-electron chi connectivity index (χ4n) is 0.771. The predicted molar refractivity (Wildman–Crippen MR) is 58.4 cm³/mol. The summed E-state index contributed by atoms with van der Waals surface area (Å²) in [5.41, 5.74) is 0. The van der Waals surface area contributed by atoms with Gasteiger partial charge in [0.1, 0.15) is 0 Å². The Morgan fingerprint density at radius 3 is 1.27 bits per heavy atom. The van der Waals surface area contributed by atoms with Gasteiger partial charge in [0.2, 0.25) is 0 Å². The second kappa shape index (κ2) is 9.40. The van der Waals surface area contributed by atoms with Crippen LogP contribution in [0.15, 0.2) is 38.0 Å². The van der Waals surface area contributed by atoms with E-state index < -0.39 is 0 Å². The smallest absolute Gasteiger partial charge is 0.0167 e. The lowest BCUT2D eigenvalue weighted by Gasteiger charge is -2.15. The molecule has 0 amide bonds. The molecule has 0 aliphatic rings. The molecule has 0 aliphatic carbocycles. The molecule has 0 fully saturated rings. The molecule has 1 nitrogen and oxygen atoms in total. The lowest BCUT2D eigenvalue weighted by atomic mass is 10.4. The van der Waals surface area contributed by atoms with Crippen LogP contribution < -0.4 is 0 Å². The number of nitrogens with zero attached hydrogens (tertiary/aromatic N) is 1. The number of rotatable bonds is 6. The first-order chi connectivity index (χ1) is 4.85. The van der Waals surface area contributed by atoms with E-state index in [-0.39, 0.29) is 11.0 Å². The highest BCUT2D eigenvalue weighted by Crippen LogP contribution is 1.88. The van der Waals surface area contributed by atoms with Crippen molar-refractivity contribution in [3.8, 4) is 0 Å². The molecule has 0 aromatic carbocycles. The summed E-state index contributed by atoms with van der Waals surface area (Å²) < 4.78 is 0. The molecule has 0 aliphatic heterocycles. The third-order valence-corrected chi connectivity index (χ3v) is 1.16. The summed E-state index contributed by atoms with van der Waals surface area (Å²) in [7, 11) is 0. The van der Waals surface area contributed by atoms with Crippen molar-refractivity contribution in [2.45, 2.75) is 0 Å². The number of hydrogen-bond donors (Lipinski definition) is 0. The fourth-order valence-corrected chi connectivity index (χ4v) is 0.771. The lowest BCUT2D eigenvalue weighted by Crippen LogP contribution is -2.23. The monoisotopic (exact) mass is 169 g/mol. The van der Waals surface area contributed by atoms with E-state index in [9.17, 15) is 0 Å². The van der Waals surface area contributed by atoms with Crippen LogP contribution >= 0.6 is 0 Å². The summed E-state index contributed by atoms with van der Waals surface area (Å²) in [4.78, 5) is 2.19. The molecule has 0 atom stereocenters. The fraction of sp³-hybridized carbons (Fsp3) is 0.333. The van der Waals surface area contributed by atoms with E-state index in [1.165, 1.54) is 0 Å². The SMILES string of the molecule is C=CCN(CC=C)CC=C.[SiH4]. The van der Waals surface area contributed by atoms with Crippen LogP contribution in [-0.4, -0.2) is 35.5 Å². The van der Waals surface area contributed by atoms with E-state index in [0.29, 0.717) is 0 Å². The highest BCUT2D eigenvalue weighted by molar-refractivity contribution is 5.75. The molecule has 0 saturated carbocycles. The van der Waals surface area contributed by atoms with E-state index in [2.05, 4.69) is 24.6 Å². The summed E-state index contributed by atoms with van der Waals surface area (Å²) in [5, 5.41) is 0. The molecule has 64 valence electrons. The van der Waals surface area contributed by atoms with Gasteiger partial charge in [-0.2, -0.15) is 0 Å². The molecule has 0 spiro atoms. The third-order valence-electron chi connectivity index (χ3n) is 1.16. The van der Waals surface area contributed by atoms with E-state index in [1.54, 1.807) is 0 Å². The molecule has 0 saturated heterocycles. The van der Waals surface area contributed by atoms with Crippen molar-refractivity contribution in [3.05, 3.63) is 38.0 Å². The predicted octanol–water partition coefficient (Wildman–Crippen LogP) is 0.395. The van der Waals surface area contributed by atoms with E-state index in [0.717, 1.165) is 19.6 Å². The quantitative estimate of drug-likeness (QED) is 0.411. The standard InChI is InChI=1S/C9H15N.H4Si/c1-4-7-10(8-5-2)9-6-3;/h4-6H,1-3,7-9H2;1H4. The van der Waals surface area contributed by atoms with E-state index >= 15 is 0 Å². The average Bonchev–Trinajstić information content (AvgIpc) is 1.90. The minimum Gasteiger partial charge on any atom is -0.292 e. The van der Waals surface area contributed by atoms with Crippen LogP contribution in [0.25, 0.3) is 0 Å². The lowest BCUT2D eigenvalue weighted by molar-refractivity contribution is 0.373. The first-order valence-electron chi connectivity index (χ1n) is 3.40. The van der Waals surface area contributed by atoms with Crippen molar-refractivity contribution in [2.75, 3.05) is 19.6 Å². The summed E-state index contributed by atoms with van der Waals surface area (Å²) >= 11 is 0. The summed E-state index contributed by atoms with van der Waals surface area (Å²) in [5.74, 6) is 0. The highest BCUT2D eigenvalue weighted by atomic mass is 28.1. The maximum atomic E-state index is 3.65. The topological polar surface area (TPSA) is 3.24 Å². The Morgan fingerprint density at radius 2 is 1.09 bits per heavy atom. The normalized spacial score (nSPS) is 8.45. The molecule has 0 radical (unpaired) electrons. The molecule has 11 heavy (non-hydrogen) atoms. The van der Waals surface area contributed by atoms with Gasteiger partial charge in [0.25, 0.3) is 0 Å². The molecule has 0 aromatic rings. The van der Waals surface area contributed by atoms with Crippen LogP contribution in [-0.2, 0) is 0 Å². The zero-order valence-electron chi connectivity index (χ0n) is 6.42. The Morgan fingerprint density at radius 1 is 0.818 bits per heavy atom. The first-order valence-corrected chi connectivity index (χ1v) is 3.40. The minimum absolute atomic E-state index is 0. The van der Waals surface area contributed by atoms with Crippen molar-refractivity contribution in [3.63, 3.8) is 0 Å². The van der Waals surface area contributed by atoms with E-state index in [4.69, 9.17) is 0 Å². The van der Waals surface area contributed by atoms with Crippen molar-refractivity contribution in [1.29, 1.82) is 0 Å². The van der Waals surface area contributed by atoms with Gasteiger partial charge in [0, 0.05) is 19.6 Å². The maximum absolute atomic E-state index is 3.65. The molecule has 0 unspecified atom stereocenters. The van der Waals surface area contributed by atoms with Crippen molar-refractivity contribution < 1.29 is 0 Å². The van der Waals surface area contributed by atoms with Crippen LogP contribution in [0.4, 0.5) is 0 Å². The third kappa shape index (κ3) is 7.29. The Bertz CT molecular complexity index is 97.0. The van der Waals surface area contributed by atoms with Crippen molar-refractivity contribution in [2.24, 2.45) is 0 Å². The molecule has 0 heterocycles. The second-order valence-corrected chi connectivity index (χ2v) is 2.08. The summed E-state index contributed by atoms with van der Waals surface area (Å²) in [6.07, 6.45) is 5.65. The first kappa shape index (κ1) is 13.0. The summed E-state index contributed by atoms with van der Waals surface area (Å²) in [6, 6.07) is 0. The average molecular weight is 169 g/mol. The van der Waals surface area contributed by atoms with Gasteiger partial charge in [-0.05, 0) is 11.0 Å². The van der Waals surface area contributed by atoms with Gasteiger partial charge in [-0.1, -0.05) is 18.2 Å². The van der Waals surface area contributed by atoms with Crippen molar-refractivity contribution in [1.82, 2.24) is 4.90 Å². The maximum Gasteiger partial charge on any atom is 0.0167 e. The Hall–Kier alpha value is -0.603. The van der Waals surface area contributed by atoms with Crippen LogP contribution in [0.1, 0.15) is 0 Å². The van der Waals surface area contributed by atoms with Gasteiger partial charge in [0.05, 0.1) is 0 Å². The van der Waals surface area contributed by atoms with E-state index in [1.807, 2.05) is 18.2 Å². The zero-order chi connectivity index (χ0) is 7.82. The van der Waals surface area contributed by atoms with Gasteiger partial charge >= 0.3 is 0 Å². The van der Waals surface area contributed by atoms with Gasteiger partial charge in [-0.3, -0.25) is 4.90 Å². The van der Waals surface area contributed by atoms with Gasteiger partial charge in [-0.25, -0.2) is 0 Å². The van der Waals surface area contributed by atoms with Gasteiger partial charge in [-0.15, -0.1) is 19.7 Å². The zero-order valence-corrected chi connectivity index (χ0v) is 6.42. The largest absolute Gasteiger partial charge is 0.292 e. The van der Waals surface area contributed by atoms with Crippen LogP contribution in [0.2, 0.25) is 0 Å². The molecule has 0 N–H and O–H groups in total. The van der Waals surface area contributed by atoms with Crippen LogP contribution in [0.5, 0.6) is 0 Å². The van der Waals surface area contributed by atoms with Crippen LogP contribution in [0, 0.1) is 0 Å². The molecule has 0 rings (SSSR count). The van der Waals surface area contributed by atoms with Crippen molar-refractivity contribution >= 4 is 11.0 Å². The Balaban J connectivity index is 0. The molecule has 2 heteroatoms. The van der Waals surface area contributed by atoms with Crippen LogP contribution in [0.3, 0.4) is 0 Å². The Labute approximate surface area is 74.1 Å². The molecular formula is C9H19NSi.